The van der Waals surface area contributed by atoms with Crippen molar-refractivity contribution < 1.29 is 27.1 Å². The number of anilines is 1. The van der Waals surface area contributed by atoms with Gasteiger partial charge in [0.05, 0.1) is 19.1 Å². The van der Waals surface area contributed by atoms with Crippen molar-refractivity contribution in [2.75, 3.05) is 24.2 Å². The Labute approximate surface area is 218 Å². The largest absolute Gasteiger partial charge is 0.497 e. The number of sulfonamides is 1. The van der Waals surface area contributed by atoms with Gasteiger partial charge in [-0.3, -0.25) is 13.9 Å². The molecule has 0 aromatic heterocycles. The Morgan fingerprint density at radius 3 is 2.49 bits per heavy atom. The van der Waals surface area contributed by atoms with Gasteiger partial charge in [0.15, 0.2) is 0 Å². The van der Waals surface area contributed by atoms with E-state index in [1.807, 2.05) is 18.2 Å². The number of halogens is 1. The molecule has 1 fully saturated rings. The van der Waals surface area contributed by atoms with Crippen molar-refractivity contribution >= 4 is 27.5 Å². The molecule has 202 valence electrons. The third-order valence-corrected chi connectivity index (χ3v) is 7.81. The number of amides is 2. The summed E-state index contributed by atoms with van der Waals surface area (Å²) >= 11 is 0. The Bertz CT molecular complexity index is 1180. The average molecular weight is 534 g/mol. The summed E-state index contributed by atoms with van der Waals surface area (Å²) in [5.74, 6) is -0.524. The quantitative estimate of drug-likeness (QED) is 0.447. The second-order valence-corrected chi connectivity index (χ2v) is 11.3. The second-order valence-electron chi connectivity index (χ2n) is 9.43. The van der Waals surface area contributed by atoms with Crippen LogP contribution in [-0.4, -0.2) is 57.1 Å². The Kier molecular flexibility index (Phi) is 9.91. The molecule has 1 aliphatic rings. The minimum Gasteiger partial charge on any atom is -0.497 e. The number of para-hydroxylation sites is 1. The number of benzene rings is 2. The summed E-state index contributed by atoms with van der Waals surface area (Å²) in [5.41, 5.74) is 0.743. The number of nitrogens with zero attached hydrogens (tertiary/aromatic N) is 2. The standard InChI is InChI=1S/C27H36FN3O5S/c1-20(27(33)29-22-11-4-5-12-22)30(19-21-10-8-13-23(18-21)36-2)26(32)16-9-17-31(37(3,34)35)25-15-7-6-14-24(25)28/h6-8,10,13-15,18,20,22H,4-5,9,11-12,16-17,19H2,1-3H3,(H,29,33)/t20-/m0/s1. The number of hydrogen-bond donors (Lipinski definition) is 1. The molecule has 37 heavy (non-hydrogen) atoms. The molecule has 2 aromatic carbocycles. The van der Waals surface area contributed by atoms with E-state index in [0.29, 0.717) is 5.75 Å². The van der Waals surface area contributed by atoms with Gasteiger partial charge in [-0.1, -0.05) is 37.1 Å². The smallest absolute Gasteiger partial charge is 0.242 e. The summed E-state index contributed by atoms with van der Waals surface area (Å²) < 4.78 is 45.3. The van der Waals surface area contributed by atoms with Crippen molar-refractivity contribution in [1.29, 1.82) is 0 Å². The molecular weight excluding hydrogens is 497 g/mol. The van der Waals surface area contributed by atoms with Crippen LogP contribution in [0.3, 0.4) is 0 Å². The molecule has 1 saturated carbocycles. The minimum absolute atomic E-state index is 0.00844. The SMILES string of the molecule is COc1cccc(CN(C(=O)CCCN(c2ccccc2F)S(C)(=O)=O)[C@@H](C)C(=O)NC2CCCC2)c1. The molecule has 0 radical (unpaired) electrons. The molecule has 0 saturated heterocycles. The summed E-state index contributed by atoms with van der Waals surface area (Å²) in [5, 5.41) is 3.06. The molecule has 3 rings (SSSR count). The number of methoxy groups -OCH3 is 1. The summed E-state index contributed by atoms with van der Waals surface area (Å²) in [6.45, 7) is 1.82. The summed E-state index contributed by atoms with van der Waals surface area (Å²) in [6.07, 6.45) is 5.16. The Morgan fingerprint density at radius 1 is 1.14 bits per heavy atom. The lowest BCUT2D eigenvalue weighted by Crippen LogP contribution is -2.49. The molecule has 1 atom stereocenters. The minimum atomic E-state index is -3.77. The first kappa shape index (κ1) is 28.4. The van der Waals surface area contributed by atoms with Crippen molar-refractivity contribution in [2.45, 2.75) is 64.1 Å². The van der Waals surface area contributed by atoms with Crippen LogP contribution < -0.4 is 14.4 Å². The first-order valence-corrected chi connectivity index (χ1v) is 14.4. The van der Waals surface area contributed by atoms with Gasteiger partial charge in [-0.05, 0) is 56.0 Å². The molecule has 1 N–H and O–H groups in total. The number of nitrogens with one attached hydrogen (secondary N) is 1. The molecule has 0 aliphatic heterocycles. The van der Waals surface area contributed by atoms with Crippen molar-refractivity contribution in [3.63, 3.8) is 0 Å². The van der Waals surface area contributed by atoms with E-state index in [1.54, 1.807) is 26.2 Å². The van der Waals surface area contributed by atoms with Crippen LogP contribution in [-0.2, 0) is 26.2 Å². The van der Waals surface area contributed by atoms with Gasteiger partial charge in [0.25, 0.3) is 0 Å². The van der Waals surface area contributed by atoms with Crippen LogP contribution in [0.5, 0.6) is 5.75 Å². The molecule has 2 amide bonds. The van der Waals surface area contributed by atoms with Crippen LogP contribution in [0.1, 0.15) is 51.0 Å². The highest BCUT2D eigenvalue weighted by Crippen LogP contribution is 2.23. The fraction of sp³-hybridized carbons (Fsp3) is 0.481. The first-order valence-electron chi connectivity index (χ1n) is 12.5. The van der Waals surface area contributed by atoms with Gasteiger partial charge in [0.2, 0.25) is 21.8 Å². The molecule has 10 heteroatoms. The molecule has 1 aliphatic carbocycles. The van der Waals surface area contributed by atoms with Gasteiger partial charge in [-0.2, -0.15) is 0 Å². The highest BCUT2D eigenvalue weighted by Gasteiger charge is 2.29. The second kappa shape index (κ2) is 12.9. The van der Waals surface area contributed by atoms with Crippen LogP contribution in [0.15, 0.2) is 48.5 Å². The van der Waals surface area contributed by atoms with Gasteiger partial charge < -0.3 is 15.0 Å². The Hall–Kier alpha value is -3.14. The lowest BCUT2D eigenvalue weighted by atomic mass is 10.1. The zero-order valence-corrected chi connectivity index (χ0v) is 22.5. The van der Waals surface area contributed by atoms with Crippen LogP contribution in [0.25, 0.3) is 0 Å². The molecule has 0 bridgehead atoms. The van der Waals surface area contributed by atoms with E-state index in [-0.39, 0.29) is 49.5 Å². The highest BCUT2D eigenvalue weighted by atomic mass is 32.2. The molecular formula is C27H36FN3O5S. The van der Waals surface area contributed by atoms with Crippen molar-refractivity contribution in [1.82, 2.24) is 10.2 Å². The molecule has 8 nitrogen and oxygen atoms in total. The van der Waals surface area contributed by atoms with E-state index in [0.717, 1.165) is 41.8 Å². The van der Waals surface area contributed by atoms with Crippen molar-refractivity contribution in [3.05, 3.63) is 59.9 Å². The molecule has 0 heterocycles. The predicted molar refractivity (Wildman–Crippen MR) is 141 cm³/mol. The van der Waals surface area contributed by atoms with E-state index in [2.05, 4.69) is 5.32 Å². The van der Waals surface area contributed by atoms with E-state index in [4.69, 9.17) is 4.74 Å². The fourth-order valence-corrected chi connectivity index (χ4v) is 5.54. The third-order valence-electron chi connectivity index (χ3n) is 6.63. The Balaban J connectivity index is 1.74. The maximum atomic E-state index is 14.3. The number of ether oxygens (including phenoxy) is 1. The number of rotatable bonds is 12. The highest BCUT2D eigenvalue weighted by molar-refractivity contribution is 7.92. The summed E-state index contributed by atoms with van der Waals surface area (Å²) in [7, 11) is -2.21. The maximum Gasteiger partial charge on any atom is 0.242 e. The van der Waals surface area contributed by atoms with E-state index < -0.39 is 21.9 Å². The van der Waals surface area contributed by atoms with Crippen LogP contribution in [0.4, 0.5) is 10.1 Å². The predicted octanol–water partition coefficient (Wildman–Crippen LogP) is 3.86. The van der Waals surface area contributed by atoms with Crippen LogP contribution in [0.2, 0.25) is 0 Å². The molecule has 2 aromatic rings. The van der Waals surface area contributed by atoms with Crippen LogP contribution in [0, 0.1) is 5.82 Å². The topological polar surface area (TPSA) is 96.0 Å². The summed E-state index contributed by atoms with van der Waals surface area (Å²) in [4.78, 5) is 27.9. The Morgan fingerprint density at radius 2 is 1.84 bits per heavy atom. The third kappa shape index (κ3) is 7.92. The molecule has 0 spiro atoms. The van der Waals surface area contributed by atoms with E-state index in [9.17, 15) is 22.4 Å². The fourth-order valence-electron chi connectivity index (χ4n) is 4.58. The van der Waals surface area contributed by atoms with Gasteiger partial charge >= 0.3 is 0 Å². The lowest BCUT2D eigenvalue weighted by molar-refractivity contribution is -0.141. The normalized spacial score (nSPS) is 14.7. The van der Waals surface area contributed by atoms with Crippen LogP contribution >= 0.6 is 0 Å². The monoisotopic (exact) mass is 533 g/mol. The van der Waals surface area contributed by atoms with Crippen molar-refractivity contribution in [3.8, 4) is 5.75 Å². The number of carbonyl (C=O) groups is 2. The maximum absolute atomic E-state index is 14.3. The first-order chi connectivity index (χ1) is 17.6. The van der Waals surface area contributed by atoms with E-state index in [1.165, 1.54) is 23.1 Å². The number of carbonyl (C=O) groups excluding carboxylic acids is 2. The number of hydrogen-bond acceptors (Lipinski definition) is 5. The molecule has 0 unspecified atom stereocenters. The summed E-state index contributed by atoms with van der Waals surface area (Å²) in [6, 6.07) is 12.3. The van der Waals surface area contributed by atoms with Gasteiger partial charge in [0.1, 0.15) is 17.6 Å². The van der Waals surface area contributed by atoms with E-state index >= 15 is 0 Å². The zero-order valence-electron chi connectivity index (χ0n) is 21.7. The van der Waals surface area contributed by atoms with Gasteiger partial charge in [-0.25, -0.2) is 12.8 Å². The van der Waals surface area contributed by atoms with Gasteiger partial charge in [0, 0.05) is 25.6 Å². The lowest BCUT2D eigenvalue weighted by Gasteiger charge is -2.30. The van der Waals surface area contributed by atoms with Gasteiger partial charge in [-0.15, -0.1) is 0 Å². The average Bonchev–Trinajstić information content (AvgIpc) is 3.37. The van der Waals surface area contributed by atoms with Crippen molar-refractivity contribution in [2.24, 2.45) is 0 Å². The zero-order chi connectivity index (χ0) is 27.0.